The van der Waals surface area contributed by atoms with Crippen LogP contribution in [0.4, 0.5) is 4.39 Å². The molecule has 0 unspecified atom stereocenters. The van der Waals surface area contributed by atoms with Crippen molar-refractivity contribution in [3.05, 3.63) is 34.6 Å². The molecular formula is C14H17ClFN3O2. The lowest BCUT2D eigenvalue weighted by Gasteiger charge is -2.23. The number of nitrogens with two attached hydrogens (primary N) is 1. The molecule has 1 aliphatic carbocycles. The summed E-state index contributed by atoms with van der Waals surface area (Å²) in [5.41, 5.74) is 5.46. The molecular weight excluding hydrogens is 297 g/mol. The molecule has 1 aromatic rings. The van der Waals surface area contributed by atoms with Crippen molar-refractivity contribution in [1.82, 2.24) is 10.2 Å². The van der Waals surface area contributed by atoms with Crippen LogP contribution in [0.15, 0.2) is 18.2 Å². The predicted molar refractivity (Wildman–Crippen MR) is 77.0 cm³/mol. The zero-order valence-electron chi connectivity index (χ0n) is 11.4. The zero-order valence-corrected chi connectivity index (χ0v) is 12.2. The maximum atomic E-state index is 13.8. The van der Waals surface area contributed by atoms with Gasteiger partial charge in [-0.2, -0.15) is 0 Å². The molecule has 0 atom stereocenters. The Morgan fingerprint density at radius 3 is 2.71 bits per heavy atom. The zero-order chi connectivity index (χ0) is 15.4. The number of hydrogen-bond acceptors (Lipinski definition) is 3. The first-order valence-corrected chi connectivity index (χ1v) is 7.10. The standard InChI is InChI=1S/C14H17ClFN3O2/c15-11-2-1-3-12(16)10(11)8-19(9-4-5-9)14(21)7-18-13(20)6-17/h1-3,9H,4-8,17H2,(H,18,20). The van der Waals surface area contributed by atoms with E-state index in [2.05, 4.69) is 5.32 Å². The summed E-state index contributed by atoms with van der Waals surface area (Å²) in [6, 6.07) is 4.51. The molecule has 0 aliphatic heterocycles. The first kappa shape index (κ1) is 15.7. The summed E-state index contributed by atoms with van der Waals surface area (Å²) in [6.45, 7) is -0.206. The van der Waals surface area contributed by atoms with Crippen LogP contribution in [0.1, 0.15) is 18.4 Å². The van der Waals surface area contributed by atoms with Gasteiger partial charge in [0.2, 0.25) is 11.8 Å². The van der Waals surface area contributed by atoms with Crippen LogP contribution in [0.5, 0.6) is 0 Å². The number of rotatable bonds is 6. The highest BCUT2D eigenvalue weighted by Gasteiger charge is 2.33. The van der Waals surface area contributed by atoms with Gasteiger partial charge in [-0.1, -0.05) is 17.7 Å². The third-order valence-electron chi connectivity index (χ3n) is 3.32. The number of halogens is 2. The van der Waals surface area contributed by atoms with Gasteiger partial charge in [-0.25, -0.2) is 4.39 Å². The van der Waals surface area contributed by atoms with Gasteiger partial charge >= 0.3 is 0 Å². The van der Waals surface area contributed by atoms with Crippen LogP contribution in [0.3, 0.4) is 0 Å². The van der Waals surface area contributed by atoms with Gasteiger partial charge in [0.25, 0.3) is 0 Å². The fourth-order valence-electron chi connectivity index (χ4n) is 2.01. The highest BCUT2D eigenvalue weighted by molar-refractivity contribution is 6.31. The number of amides is 2. The van der Waals surface area contributed by atoms with E-state index in [-0.39, 0.29) is 31.6 Å². The summed E-state index contributed by atoms with van der Waals surface area (Å²) in [5.74, 6) is -1.10. The third kappa shape index (κ3) is 4.15. The average molecular weight is 314 g/mol. The van der Waals surface area contributed by atoms with E-state index in [4.69, 9.17) is 17.3 Å². The van der Waals surface area contributed by atoms with Crippen molar-refractivity contribution in [3.63, 3.8) is 0 Å². The number of carbonyl (C=O) groups excluding carboxylic acids is 2. The van der Waals surface area contributed by atoms with Crippen molar-refractivity contribution in [1.29, 1.82) is 0 Å². The van der Waals surface area contributed by atoms with Crippen LogP contribution < -0.4 is 11.1 Å². The second-order valence-electron chi connectivity index (χ2n) is 4.93. The first-order valence-electron chi connectivity index (χ1n) is 6.72. The van der Waals surface area contributed by atoms with Gasteiger partial charge in [0.15, 0.2) is 0 Å². The van der Waals surface area contributed by atoms with Crippen molar-refractivity contribution in [2.75, 3.05) is 13.1 Å². The topological polar surface area (TPSA) is 75.4 Å². The molecule has 3 N–H and O–H groups in total. The van der Waals surface area contributed by atoms with Crippen molar-refractivity contribution in [2.45, 2.75) is 25.4 Å². The summed E-state index contributed by atoms with van der Waals surface area (Å²) in [6.07, 6.45) is 1.76. The Kier molecular flexibility index (Phi) is 5.14. The van der Waals surface area contributed by atoms with E-state index in [0.717, 1.165) is 12.8 Å². The van der Waals surface area contributed by atoms with Gasteiger partial charge in [0.1, 0.15) is 5.82 Å². The van der Waals surface area contributed by atoms with E-state index in [1.165, 1.54) is 12.1 Å². The summed E-state index contributed by atoms with van der Waals surface area (Å²) in [5, 5.41) is 2.72. The van der Waals surface area contributed by atoms with Gasteiger partial charge < -0.3 is 16.0 Å². The lowest BCUT2D eigenvalue weighted by Crippen LogP contribution is -2.42. The van der Waals surface area contributed by atoms with Crippen molar-refractivity contribution < 1.29 is 14.0 Å². The second kappa shape index (κ2) is 6.87. The molecule has 2 amide bonds. The smallest absolute Gasteiger partial charge is 0.242 e. The molecule has 1 fully saturated rings. The van der Waals surface area contributed by atoms with Crippen LogP contribution in [0, 0.1) is 5.82 Å². The van der Waals surface area contributed by atoms with Gasteiger partial charge in [-0.15, -0.1) is 0 Å². The summed E-state index contributed by atoms with van der Waals surface area (Å²) in [4.78, 5) is 24.8. The molecule has 1 saturated carbocycles. The van der Waals surface area contributed by atoms with E-state index >= 15 is 0 Å². The molecule has 1 aromatic carbocycles. The van der Waals surface area contributed by atoms with E-state index in [9.17, 15) is 14.0 Å². The van der Waals surface area contributed by atoms with Crippen LogP contribution in [0.2, 0.25) is 5.02 Å². The number of carbonyl (C=O) groups is 2. The van der Waals surface area contributed by atoms with Crippen LogP contribution >= 0.6 is 11.6 Å². The Morgan fingerprint density at radius 2 is 2.14 bits per heavy atom. The molecule has 0 spiro atoms. The van der Waals surface area contributed by atoms with E-state index in [1.807, 2.05) is 0 Å². The minimum absolute atomic E-state index is 0.0861. The summed E-state index contributed by atoms with van der Waals surface area (Å²) >= 11 is 5.99. The van der Waals surface area contributed by atoms with Crippen molar-refractivity contribution in [3.8, 4) is 0 Å². The summed E-state index contributed by atoms with van der Waals surface area (Å²) < 4.78 is 13.8. The summed E-state index contributed by atoms with van der Waals surface area (Å²) in [7, 11) is 0. The number of nitrogens with zero attached hydrogens (tertiary/aromatic N) is 1. The molecule has 0 heterocycles. The Morgan fingerprint density at radius 1 is 1.43 bits per heavy atom. The Hall–Kier alpha value is -1.66. The van der Waals surface area contributed by atoms with E-state index < -0.39 is 11.7 Å². The molecule has 2 rings (SSSR count). The Bertz CT molecular complexity index is 529. The predicted octanol–water partition coefficient (Wildman–Crippen LogP) is 1.04. The molecule has 7 heteroatoms. The molecule has 5 nitrogen and oxygen atoms in total. The molecule has 0 aromatic heterocycles. The van der Waals surface area contributed by atoms with Gasteiger partial charge in [-0.05, 0) is 25.0 Å². The van der Waals surface area contributed by atoms with Gasteiger partial charge in [0.05, 0.1) is 19.6 Å². The first-order chi connectivity index (χ1) is 10.0. The van der Waals surface area contributed by atoms with Crippen molar-refractivity contribution in [2.24, 2.45) is 5.73 Å². The molecule has 1 aliphatic rings. The van der Waals surface area contributed by atoms with Crippen molar-refractivity contribution >= 4 is 23.4 Å². The quantitative estimate of drug-likeness (QED) is 0.824. The number of benzene rings is 1. The number of hydrogen-bond donors (Lipinski definition) is 2. The normalized spacial score (nSPS) is 13.9. The van der Waals surface area contributed by atoms with Crippen LogP contribution in [-0.2, 0) is 16.1 Å². The van der Waals surface area contributed by atoms with Gasteiger partial charge in [-0.3, -0.25) is 9.59 Å². The fourth-order valence-corrected chi connectivity index (χ4v) is 2.23. The molecule has 21 heavy (non-hydrogen) atoms. The average Bonchev–Trinajstić information content (AvgIpc) is 3.28. The molecule has 0 bridgehead atoms. The number of nitrogens with one attached hydrogen (secondary N) is 1. The molecule has 0 saturated heterocycles. The SMILES string of the molecule is NCC(=O)NCC(=O)N(Cc1c(F)cccc1Cl)C1CC1. The fraction of sp³-hybridized carbons (Fsp3) is 0.429. The van der Waals surface area contributed by atoms with Crippen LogP contribution in [0.25, 0.3) is 0 Å². The lowest BCUT2D eigenvalue weighted by atomic mass is 10.2. The third-order valence-corrected chi connectivity index (χ3v) is 3.67. The Balaban J connectivity index is 2.06. The largest absolute Gasteiger partial charge is 0.346 e. The second-order valence-corrected chi connectivity index (χ2v) is 5.34. The minimum atomic E-state index is -0.438. The maximum Gasteiger partial charge on any atom is 0.242 e. The van der Waals surface area contributed by atoms with E-state index in [0.29, 0.717) is 10.6 Å². The van der Waals surface area contributed by atoms with Crippen LogP contribution in [-0.4, -0.2) is 35.8 Å². The monoisotopic (exact) mass is 313 g/mol. The molecule has 0 radical (unpaired) electrons. The highest BCUT2D eigenvalue weighted by atomic mass is 35.5. The lowest BCUT2D eigenvalue weighted by molar-refractivity contribution is -0.133. The van der Waals surface area contributed by atoms with Gasteiger partial charge in [0, 0.05) is 16.6 Å². The maximum absolute atomic E-state index is 13.8. The Labute approximate surface area is 127 Å². The minimum Gasteiger partial charge on any atom is -0.346 e. The highest BCUT2D eigenvalue weighted by Crippen LogP contribution is 2.30. The molecule has 114 valence electrons. The van der Waals surface area contributed by atoms with E-state index in [1.54, 1.807) is 11.0 Å².